The van der Waals surface area contributed by atoms with Crippen LogP contribution >= 0.6 is 0 Å². The Balaban J connectivity index is 1.67. The lowest BCUT2D eigenvalue weighted by molar-refractivity contribution is 0.0246. The molecule has 1 saturated heterocycles. The van der Waals surface area contributed by atoms with Crippen molar-refractivity contribution in [2.24, 2.45) is 13.0 Å². The molecular weight excluding hydrogens is 270 g/mol. The molecule has 0 spiro atoms. The van der Waals surface area contributed by atoms with Crippen molar-refractivity contribution in [1.82, 2.24) is 14.5 Å². The van der Waals surface area contributed by atoms with Crippen LogP contribution in [0.15, 0.2) is 36.8 Å². The van der Waals surface area contributed by atoms with Gasteiger partial charge in [0, 0.05) is 25.8 Å². The van der Waals surface area contributed by atoms with E-state index in [1.54, 1.807) is 11.1 Å². The summed E-state index contributed by atoms with van der Waals surface area (Å²) in [6.45, 7) is 7.13. The van der Waals surface area contributed by atoms with E-state index in [0.717, 1.165) is 6.54 Å². The zero-order valence-corrected chi connectivity index (χ0v) is 13.8. The van der Waals surface area contributed by atoms with Crippen molar-refractivity contribution < 1.29 is 0 Å². The van der Waals surface area contributed by atoms with Gasteiger partial charge in [0.1, 0.15) is 0 Å². The summed E-state index contributed by atoms with van der Waals surface area (Å²) in [5, 5.41) is 0. The van der Waals surface area contributed by atoms with Gasteiger partial charge in [-0.3, -0.25) is 4.90 Å². The molecule has 2 aliphatic rings. The van der Waals surface area contributed by atoms with E-state index in [4.69, 9.17) is 0 Å². The van der Waals surface area contributed by atoms with Gasteiger partial charge in [0.2, 0.25) is 0 Å². The van der Waals surface area contributed by atoms with Crippen LogP contribution in [0.1, 0.15) is 37.1 Å². The van der Waals surface area contributed by atoms with Crippen molar-refractivity contribution in [3.05, 3.63) is 53.6 Å². The van der Waals surface area contributed by atoms with Crippen LogP contribution in [0.2, 0.25) is 0 Å². The molecule has 1 aromatic heterocycles. The van der Waals surface area contributed by atoms with E-state index in [1.165, 1.54) is 25.1 Å². The van der Waals surface area contributed by atoms with Crippen LogP contribution in [0.25, 0.3) is 0 Å². The fourth-order valence-electron chi connectivity index (χ4n) is 4.62. The first-order valence-electron chi connectivity index (χ1n) is 8.37. The Morgan fingerprint density at radius 3 is 2.91 bits per heavy atom. The minimum Gasteiger partial charge on any atom is -0.337 e. The molecule has 0 amide bonds. The molecule has 2 bridgehead atoms. The molecule has 1 aliphatic heterocycles. The van der Waals surface area contributed by atoms with Crippen LogP contribution in [0, 0.1) is 5.92 Å². The second-order valence-corrected chi connectivity index (χ2v) is 7.35. The monoisotopic (exact) mass is 295 g/mol. The van der Waals surface area contributed by atoms with Gasteiger partial charge < -0.3 is 4.57 Å². The predicted molar refractivity (Wildman–Crippen MR) is 88.7 cm³/mol. The summed E-state index contributed by atoms with van der Waals surface area (Å²) >= 11 is 0. The Morgan fingerprint density at radius 1 is 1.32 bits per heavy atom. The molecule has 2 aromatic rings. The second kappa shape index (κ2) is 4.95. The van der Waals surface area contributed by atoms with Crippen LogP contribution < -0.4 is 0 Å². The molecule has 1 fully saturated rings. The lowest BCUT2D eigenvalue weighted by atomic mass is 9.59. The van der Waals surface area contributed by atoms with E-state index in [-0.39, 0.29) is 0 Å². The second-order valence-electron chi connectivity index (χ2n) is 7.35. The van der Waals surface area contributed by atoms with E-state index in [0.29, 0.717) is 17.4 Å². The van der Waals surface area contributed by atoms with E-state index < -0.39 is 0 Å². The molecule has 116 valence electrons. The number of likely N-dealkylation sites (tertiary alicyclic amines) is 1. The van der Waals surface area contributed by atoms with Gasteiger partial charge >= 0.3 is 0 Å². The molecule has 0 N–H and O–H groups in total. The van der Waals surface area contributed by atoms with Crippen molar-refractivity contribution in [1.29, 1.82) is 0 Å². The largest absolute Gasteiger partial charge is 0.337 e. The number of hydrogen-bond acceptors (Lipinski definition) is 2. The Kier molecular flexibility index (Phi) is 3.15. The summed E-state index contributed by atoms with van der Waals surface area (Å²) in [6.07, 6.45) is 6.35. The average molecular weight is 295 g/mol. The first-order chi connectivity index (χ1) is 10.6. The zero-order valence-electron chi connectivity index (χ0n) is 13.8. The van der Waals surface area contributed by atoms with Crippen LogP contribution in [-0.4, -0.2) is 27.0 Å². The fraction of sp³-hybridized carbons (Fsp3) is 0.526. The standard InChI is InChI=1S/C19H25N3/c1-14-18-10-15-6-4-5-7-17(15)19(14,2)8-9-22(18)12-16-11-20-13-21(16)3/h4-7,11,13-14,18H,8-10,12H2,1-3H3/t14-,18-,19-/m1/s1. The van der Waals surface area contributed by atoms with E-state index in [9.17, 15) is 0 Å². The van der Waals surface area contributed by atoms with E-state index in [2.05, 4.69) is 59.6 Å². The highest BCUT2D eigenvalue weighted by Gasteiger charge is 2.48. The number of benzene rings is 1. The third-order valence-electron chi connectivity index (χ3n) is 6.31. The van der Waals surface area contributed by atoms with Crippen LogP contribution in [0.4, 0.5) is 0 Å². The first kappa shape index (κ1) is 14.0. The Bertz CT molecular complexity index is 689. The van der Waals surface area contributed by atoms with Crippen LogP contribution in [0.5, 0.6) is 0 Å². The van der Waals surface area contributed by atoms with Gasteiger partial charge in [-0.25, -0.2) is 4.98 Å². The lowest BCUT2D eigenvalue weighted by Crippen LogP contribution is -2.57. The minimum atomic E-state index is 0.336. The van der Waals surface area contributed by atoms with Crippen molar-refractivity contribution in [3.63, 3.8) is 0 Å². The number of aryl methyl sites for hydroxylation is 1. The number of rotatable bonds is 2. The molecule has 2 heterocycles. The molecule has 0 radical (unpaired) electrons. The number of aromatic nitrogens is 2. The maximum atomic E-state index is 4.27. The highest BCUT2D eigenvalue weighted by Crippen LogP contribution is 2.48. The molecule has 3 atom stereocenters. The molecule has 0 saturated carbocycles. The number of imidazole rings is 1. The van der Waals surface area contributed by atoms with Crippen molar-refractivity contribution in [2.45, 2.75) is 44.7 Å². The number of fused-ring (bicyclic) bond motifs is 4. The lowest BCUT2D eigenvalue weighted by Gasteiger charge is -2.54. The van der Waals surface area contributed by atoms with Gasteiger partial charge in [0.15, 0.2) is 0 Å². The van der Waals surface area contributed by atoms with Crippen molar-refractivity contribution in [3.8, 4) is 0 Å². The van der Waals surface area contributed by atoms with E-state index >= 15 is 0 Å². The number of nitrogens with zero attached hydrogens (tertiary/aromatic N) is 3. The first-order valence-corrected chi connectivity index (χ1v) is 8.37. The molecule has 1 aromatic carbocycles. The molecule has 0 unspecified atom stereocenters. The van der Waals surface area contributed by atoms with Gasteiger partial charge in [-0.15, -0.1) is 0 Å². The maximum absolute atomic E-state index is 4.27. The maximum Gasteiger partial charge on any atom is 0.0945 e. The van der Waals surface area contributed by atoms with Crippen molar-refractivity contribution >= 4 is 0 Å². The summed E-state index contributed by atoms with van der Waals surface area (Å²) in [5.41, 5.74) is 4.80. The average Bonchev–Trinajstić information content (AvgIpc) is 2.91. The van der Waals surface area contributed by atoms with Crippen molar-refractivity contribution in [2.75, 3.05) is 6.54 Å². The third-order valence-corrected chi connectivity index (χ3v) is 6.31. The third kappa shape index (κ3) is 1.95. The number of piperidine rings is 1. The Morgan fingerprint density at radius 2 is 2.14 bits per heavy atom. The van der Waals surface area contributed by atoms with Gasteiger partial charge in [0.05, 0.1) is 12.0 Å². The summed E-state index contributed by atoms with van der Waals surface area (Å²) in [6, 6.07) is 9.74. The summed E-state index contributed by atoms with van der Waals surface area (Å²) in [7, 11) is 2.09. The van der Waals surface area contributed by atoms with E-state index in [1.807, 2.05) is 12.5 Å². The molecular formula is C19H25N3. The molecule has 4 rings (SSSR count). The smallest absolute Gasteiger partial charge is 0.0945 e. The Labute approximate surface area is 133 Å². The highest BCUT2D eigenvalue weighted by molar-refractivity contribution is 5.39. The summed E-state index contributed by atoms with van der Waals surface area (Å²) < 4.78 is 2.15. The molecule has 1 aliphatic carbocycles. The van der Waals surface area contributed by atoms with Gasteiger partial charge in [-0.1, -0.05) is 38.1 Å². The number of hydrogen-bond donors (Lipinski definition) is 0. The highest BCUT2D eigenvalue weighted by atomic mass is 15.2. The van der Waals surface area contributed by atoms with Crippen LogP contribution in [-0.2, 0) is 25.4 Å². The normalized spacial score (nSPS) is 31.0. The fourth-order valence-corrected chi connectivity index (χ4v) is 4.62. The van der Waals surface area contributed by atoms with Gasteiger partial charge in [0.25, 0.3) is 0 Å². The molecule has 3 heteroatoms. The summed E-state index contributed by atoms with van der Waals surface area (Å²) in [4.78, 5) is 6.95. The molecule has 3 nitrogen and oxygen atoms in total. The zero-order chi connectivity index (χ0) is 15.3. The van der Waals surface area contributed by atoms with Gasteiger partial charge in [-0.2, -0.15) is 0 Å². The summed E-state index contributed by atoms with van der Waals surface area (Å²) in [5.74, 6) is 0.698. The minimum absolute atomic E-state index is 0.336. The quantitative estimate of drug-likeness (QED) is 0.848. The predicted octanol–water partition coefficient (Wildman–Crippen LogP) is 3.14. The van der Waals surface area contributed by atoms with Crippen LogP contribution in [0.3, 0.4) is 0 Å². The molecule has 22 heavy (non-hydrogen) atoms. The Hall–Kier alpha value is -1.61. The topological polar surface area (TPSA) is 21.1 Å². The van der Waals surface area contributed by atoms with Gasteiger partial charge in [-0.05, 0) is 41.8 Å². The SMILES string of the molecule is C[C@@H]1[C@H]2Cc3ccccc3[C@]1(C)CCN2Cc1cncn1C.